The molecular formula is C7H4F3NS. The molecule has 0 fully saturated rings. The molecule has 0 unspecified atom stereocenters. The van der Waals surface area contributed by atoms with Gasteiger partial charge in [0.05, 0.1) is 0 Å². The molecule has 5 heteroatoms. The molecule has 0 atom stereocenters. The third-order valence-corrected chi connectivity index (χ3v) is 1.50. The van der Waals surface area contributed by atoms with E-state index in [1.807, 2.05) is 0 Å². The zero-order valence-corrected chi connectivity index (χ0v) is 6.59. The van der Waals surface area contributed by atoms with Gasteiger partial charge in [0.15, 0.2) is 17.5 Å². The summed E-state index contributed by atoms with van der Waals surface area (Å²) in [7, 11) is 0. The van der Waals surface area contributed by atoms with Crippen molar-refractivity contribution in [2.75, 3.05) is 0 Å². The van der Waals surface area contributed by atoms with Crippen LogP contribution in [0, 0.1) is 17.5 Å². The summed E-state index contributed by atoms with van der Waals surface area (Å²) >= 11 is 4.45. The lowest BCUT2D eigenvalue weighted by molar-refractivity contribution is 0.447. The van der Waals surface area contributed by atoms with Crippen molar-refractivity contribution in [2.24, 2.45) is 5.73 Å². The third kappa shape index (κ3) is 1.55. The Morgan fingerprint density at radius 1 is 1.17 bits per heavy atom. The summed E-state index contributed by atoms with van der Waals surface area (Å²) in [5.74, 6) is -4.11. The van der Waals surface area contributed by atoms with Crippen molar-refractivity contribution in [3.63, 3.8) is 0 Å². The Morgan fingerprint density at radius 2 is 1.58 bits per heavy atom. The van der Waals surface area contributed by atoms with E-state index in [2.05, 4.69) is 12.2 Å². The summed E-state index contributed by atoms with van der Waals surface area (Å²) in [4.78, 5) is -0.173. The lowest BCUT2D eigenvalue weighted by atomic mass is 10.2. The van der Waals surface area contributed by atoms with Gasteiger partial charge in [-0.05, 0) is 12.1 Å². The fourth-order valence-electron chi connectivity index (χ4n) is 0.698. The molecule has 0 bridgehead atoms. The lowest BCUT2D eigenvalue weighted by Crippen LogP contribution is -2.10. The van der Waals surface area contributed by atoms with Crippen molar-refractivity contribution in [3.05, 3.63) is 35.1 Å². The van der Waals surface area contributed by atoms with Crippen LogP contribution >= 0.6 is 12.2 Å². The molecule has 0 saturated carbocycles. The highest BCUT2D eigenvalue weighted by molar-refractivity contribution is 7.80. The molecular weight excluding hydrogens is 187 g/mol. The van der Waals surface area contributed by atoms with Gasteiger partial charge in [-0.15, -0.1) is 0 Å². The molecule has 1 aromatic carbocycles. The fourth-order valence-corrected chi connectivity index (χ4v) is 0.816. The van der Waals surface area contributed by atoms with E-state index in [-0.39, 0.29) is 10.6 Å². The van der Waals surface area contributed by atoms with Gasteiger partial charge in [0.25, 0.3) is 0 Å². The summed E-state index contributed by atoms with van der Waals surface area (Å²) in [5, 5.41) is 0. The van der Waals surface area contributed by atoms with Crippen molar-refractivity contribution in [2.45, 2.75) is 0 Å². The number of thiocarbonyl (C=S) groups is 1. The highest BCUT2D eigenvalue weighted by atomic mass is 32.1. The third-order valence-electron chi connectivity index (χ3n) is 1.27. The number of nitrogens with two attached hydrogens (primary N) is 1. The molecule has 0 aliphatic carbocycles. The molecule has 0 aromatic heterocycles. The van der Waals surface area contributed by atoms with Gasteiger partial charge in [0.1, 0.15) is 4.99 Å². The van der Waals surface area contributed by atoms with E-state index in [9.17, 15) is 13.2 Å². The highest BCUT2D eigenvalue weighted by Gasteiger charge is 2.10. The minimum absolute atomic E-state index is 0.0265. The van der Waals surface area contributed by atoms with Gasteiger partial charge >= 0.3 is 0 Å². The zero-order valence-electron chi connectivity index (χ0n) is 5.77. The van der Waals surface area contributed by atoms with Crippen molar-refractivity contribution in [1.29, 1.82) is 0 Å². The topological polar surface area (TPSA) is 26.0 Å². The van der Waals surface area contributed by atoms with Crippen LogP contribution in [0.2, 0.25) is 0 Å². The Labute approximate surface area is 72.0 Å². The van der Waals surface area contributed by atoms with E-state index in [1.165, 1.54) is 0 Å². The first kappa shape index (κ1) is 8.99. The van der Waals surface area contributed by atoms with Gasteiger partial charge < -0.3 is 5.73 Å². The number of hydrogen-bond donors (Lipinski definition) is 1. The van der Waals surface area contributed by atoms with E-state index in [0.717, 1.165) is 12.1 Å². The van der Waals surface area contributed by atoms with Crippen LogP contribution in [0.15, 0.2) is 12.1 Å². The quantitative estimate of drug-likeness (QED) is 0.540. The molecule has 1 rings (SSSR count). The molecule has 0 spiro atoms. The average molecular weight is 191 g/mol. The highest BCUT2D eigenvalue weighted by Crippen LogP contribution is 2.13. The van der Waals surface area contributed by atoms with E-state index >= 15 is 0 Å². The second-order valence-corrected chi connectivity index (χ2v) is 2.56. The Kier molecular flexibility index (Phi) is 2.32. The van der Waals surface area contributed by atoms with Gasteiger partial charge in [0.2, 0.25) is 0 Å². The van der Waals surface area contributed by atoms with Crippen LogP contribution in [0.25, 0.3) is 0 Å². The Bertz CT molecular complexity index is 314. The van der Waals surface area contributed by atoms with Crippen molar-refractivity contribution < 1.29 is 13.2 Å². The molecule has 1 nitrogen and oxygen atoms in total. The van der Waals surface area contributed by atoms with Crippen molar-refractivity contribution >= 4 is 17.2 Å². The molecule has 0 amide bonds. The monoisotopic (exact) mass is 191 g/mol. The van der Waals surface area contributed by atoms with Crippen molar-refractivity contribution in [1.82, 2.24) is 0 Å². The Balaban J connectivity index is 3.31. The maximum absolute atomic E-state index is 12.5. The van der Waals surface area contributed by atoms with E-state index in [1.54, 1.807) is 0 Å². The summed E-state index contributed by atoms with van der Waals surface area (Å²) in [6.07, 6.45) is 0. The summed E-state index contributed by atoms with van der Waals surface area (Å²) in [5.41, 5.74) is 5.05. The van der Waals surface area contributed by atoms with Gasteiger partial charge in [-0.1, -0.05) is 12.2 Å². The lowest BCUT2D eigenvalue weighted by Gasteiger charge is -1.99. The maximum Gasteiger partial charge on any atom is 0.194 e. The SMILES string of the molecule is NC(=S)c1cc(F)c(F)c(F)c1. The first-order valence-electron chi connectivity index (χ1n) is 2.96. The standard InChI is InChI=1S/C7H4F3NS/c8-4-1-3(7(11)12)2-5(9)6(4)10/h1-2H,(H2,11,12). The Hall–Kier alpha value is -1.10. The molecule has 0 aliphatic rings. The molecule has 64 valence electrons. The predicted octanol–water partition coefficient (Wildman–Crippen LogP) is 1.74. The summed E-state index contributed by atoms with van der Waals surface area (Å²) in [6, 6.07) is 1.50. The molecule has 0 radical (unpaired) electrons. The minimum atomic E-state index is -1.52. The first-order chi connectivity index (χ1) is 5.52. The van der Waals surface area contributed by atoms with Crippen LogP contribution in [0.3, 0.4) is 0 Å². The number of benzene rings is 1. The molecule has 0 heterocycles. The summed E-state index contributed by atoms with van der Waals surface area (Å²) < 4.78 is 37.3. The number of halogens is 3. The molecule has 0 aliphatic heterocycles. The van der Waals surface area contributed by atoms with Crippen LogP contribution in [0.5, 0.6) is 0 Å². The Morgan fingerprint density at radius 3 is 1.92 bits per heavy atom. The summed E-state index contributed by atoms with van der Waals surface area (Å²) in [6.45, 7) is 0. The number of rotatable bonds is 1. The predicted molar refractivity (Wildman–Crippen MR) is 42.2 cm³/mol. The normalized spacial score (nSPS) is 9.92. The molecule has 1 aromatic rings. The van der Waals surface area contributed by atoms with Crippen LogP contribution in [-0.2, 0) is 0 Å². The van der Waals surface area contributed by atoms with E-state index in [0.29, 0.717) is 0 Å². The van der Waals surface area contributed by atoms with Crippen LogP contribution < -0.4 is 5.73 Å². The van der Waals surface area contributed by atoms with Crippen LogP contribution in [0.1, 0.15) is 5.56 Å². The average Bonchev–Trinajstić information content (AvgIpc) is 1.99. The van der Waals surface area contributed by atoms with E-state index < -0.39 is 17.5 Å². The first-order valence-corrected chi connectivity index (χ1v) is 3.37. The second-order valence-electron chi connectivity index (χ2n) is 2.12. The van der Waals surface area contributed by atoms with Gasteiger partial charge in [-0.25, -0.2) is 13.2 Å². The van der Waals surface area contributed by atoms with Gasteiger partial charge in [0, 0.05) is 5.56 Å². The fraction of sp³-hybridized carbons (Fsp3) is 0. The largest absolute Gasteiger partial charge is 0.389 e. The molecule has 12 heavy (non-hydrogen) atoms. The smallest absolute Gasteiger partial charge is 0.194 e. The zero-order chi connectivity index (χ0) is 9.30. The van der Waals surface area contributed by atoms with Gasteiger partial charge in [-0.3, -0.25) is 0 Å². The molecule has 2 N–H and O–H groups in total. The van der Waals surface area contributed by atoms with Gasteiger partial charge in [-0.2, -0.15) is 0 Å². The van der Waals surface area contributed by atoms with Crippen LogP contribution in [-0.4, -0.2) is 4.99 Å². The van der Waals surface area contributed by atoms with E-state index in [4.69, 9.17) is 5.73 Å². The molecule has 0 saturated heterocycles. The number of hydrogen-bond acceptors (Lipinski definition) is 1. The van der Waals surface area contributed by atoms with Crippen LogP contribution in [0.4, 0.5) is 13.2 Å². The second kappa shape index (κ2) is 3.10. The van der Waals surface area contributed by atoms with Crippen molar-refractivity contribution in [3.8, 4) is 0 Å². The minimum Gasteiger partial charge on any atom is -0.389 e. The maximum atomic E-state index is 12.5.